The highest BCUT2D eigenvalue weighted by atomic mass is 16.5. The van der Waals surface area contributed by atoms with Gasteiger partial charge >= 0.3 is 6.09 Å². The van der Waals surface area contributed by atoms with Crippen LogP contribution >= 0.6 is 0 Å². The van der Waals surface area contributed by atoms with Gasteiger partial charge in [-0.15, -0.1) is 0 Å². The second-order valence-electron chi connectivity index (χ2n) is 7.93. The van der Waals surface area contributed by atoms with E-state index in [4.69, 9.17) is 14.2 Å². The van der Waals surface area contributed by atoms with E-state index in [9.17, 15) is 9.59 Å². The normalized spacial score (nSPS) is 13.9. The Morgan fingerprint density at radius 2 is 1.73 bits per heavy atom. The number of rotatable bonds is 10. The zero-order chi connectivity index (χ0) is 23.5. The predicted molar refractivity (Wildman–Crippen MR) is 125 cm³/mol. The SMILES string of the molecule is COc1ccc(OC)c(CN2CCN(C(=O)CCCNC(=O)OCc3ccccc3)CC2)c1. The third-order valence-electron chi connectivity index (χ3n) is 5.66. The van der Waals surface area contributed by atoms with Gasteiger partial charge in [0, 0.05) is 51.3 Å². The van der Waals surface area contributed by atoms with Gasteiger partial charge < -0.3 is 24.4 Å². The summed E-state index contributed by atoms with van der Waals surface area (Å²) in [6.45, 7) is 4.38. The first-order chi connectivity index (χ1) is 16.1. The summed E-state index contributed by atoms with van der Waals surface area (Å²) in [4.78, 5) is 28.5. The first kappa shape index (κ1) is 24.4. The summed E-state index contributed by atoms with van der Waals surface area (Å²) in [7, 11) is 3.32. The Morgan fingerprint density at radius 1 is 0.970 bits per heavy atom. The van der Waals surface area contributed by atoms with Crippen LogP contribution in [-0.4, -0.2) is 68.7 Å². The lowest BCUT2D eigenvalue weighted by Gasteiger charge is -2.35. The van der Waals surface area contributed by atoms with E-state index in [2.05, 4.69) is 10.2 Å². The second kappa shape index (κ2) is 12.7. The second-order valence-corrected chi connectivity index (χ2v) is 7.93. The number of hydrogen-bond donors (Lipinski definition) is 1. The Morgan fingerprint density at radius 3 is 2.42 bits per heavy atom. The molecule has 0 aromatic heterocycles. The smallest absolute Gasteiger partial charge is 0.407 e. The first-order valence-electron chi connectivity index (χ1n) is 11.2. The molecule has 1 aliphatic rings. The van der Waals surface area contributed by atoms with E-state index < -0.39 is 6.09 Å². The number of nitrogens with zero attached hydrogens (tertiary/aromatic N) is 2. The molecule has 1 aliphatic heterocycles. The maximum atomic E-state index is 12.5. The van der Waals surface area contributed by atoms with Crippen molar-refractivity contribution in [3.05, 3.63) is 59.7 Å². The highest BCUT2D eigenvalue weighted by Crippen LogP contribution is 2.25. The highest BCUT2D eigenvalue weighted by molar-refractivity contribution is 5.76. The van der Waals surface area contributed by atoms with E-state index >= 15 is 0 Å². The summed E-state index contributed by atoms with van der Waals surface area (Å²) >= 11 is 0. The molecule has 0 radical (unpaired) electrons. The van der Waals surface area contributed by atoms with E-state index in [1.54, 1.807) is 14.2 Å². The zero-order valence-corrected chi connectivity index (χ0v) is 19.4. The lowest BCUT2D eigenvalue weighted by Crippen LogP contribution is -2.48. The molecule has 2 aromatic carbocycles. The number of benzene rings is 2. The van der Waals surface area contributed by atoms with Crippen molar-refractivity contribution >= 4 is 12.0 Å². The fourth-order valence-corrected chi connectivity index (χ4v) is 3.76. The van der Waals surface area contributed by atoms with Crippen LogP contribution in [0, 0.1) is 0 Å². The van der Waals surface area contributed by atoms with Gasteiger partial charge in [-0.25, -0.2) is 4.79 Å². The summed E-state index contributed by atoms with van der Waals surface area (Å²) < 4.78 is 16.0. The lowest BCUT2D eigenvalue weighted by molar-refractivity contribution is -0.133. The van der Waals surface area contributed by atoms with Crippen LogP contribution in [0.1, 0.15) is 24.0 Å². The van der Waals surface area contributed by atoms with E-state index in [0.29, 0.717) is 32.5 Å². The quantitative estimate of drug-likeness (QED) is 0.555. The topological polar surface area (TPSA) is 80.3 Å². The Balaban J connectivity index is 1.32. The standard InChI is InChI=1S/C25H33N3O5/c1-31-22-10-11-23(32-2)21(17-22)18-27-13-15-28(16-14-27)24(29)9-6-12-26-25(30)33-19-20-7-4-3-5-8-20/h3-5,7-8,10-11,17H,6,9,12-16,18-19H2,1-2H3,(H,26,30). The van der Waals surface area contributed by atoms with E-state index in [1.807, 2.05) is 53.4 Å². The van der Waals surface area contributed by atoms with Crippen molar-refractivity contribution in [1.29, 1.82) is 0 Å². The number of nitrogens with one attached hydrogen (secondary N) is 1. The van der Waals surface area contributed by atoms with Crippen LogP contribution in [0.25, 0.3) is 0 Å². The zero-order valence-electron chi connectivity index (χ0n) is 19.4. The van der Waals surface area contributed by atoms with Crippen LogP contribution in [0.15, 0.2) is 48.5 Å². The molecule has 8 nitrogen and oxygen atoms in total. The molecule has 1 fully saturated rings. The number of piperazine rings is 1. The molecule has 2 amide bonds. The average Bonchev–Trinajstić information content (AvgIpc) is 2.86. The number of alkyl carbamates (subject to hydrolysis) is 1. The molecule has 8 heteroatoms. The molecular formula is C25H33N3O5. The monoisotopic (exact) mass is 455 g/mol. The van der Waals surface area contributed by atoms with Crippen molar-refractivity contribution in [3.8, 4) is 11.5 Å². The Labute approximate surface area is 195 Å². The summed E-state index contributed by atoms with van der Waals surface area (Å²) in [5.74, 6) is 1.76. The molecule has 1 heterocycles. The van der Waals surface area contributed by atoms with Crippen LogP contribution in [0.2, 0.25) is 0 Å². The van der Waals surface area contributed by atoms with E-state index in [0.717, 1.165) is 42.3 Å². The third kappa shape index (κ3) is 7.68. The fourth-order valence-electron chi connectivity index (χ4n) is 3.76. The van der Waals surface area contributed by atoms with Crippen molar-refractivity contribution in [2.24, 2.45) is 0 Å². The van der Waals surface area contributed by atoms with Crippen molar-refractivity contribution in [3.63, 3.8) is 0 Å². The Kier molecular flexibility index (Phi) is 9.38. The molecule has 1 N–H and O–H groups in total. The minimum absolute atomic E-state index is 0.119. The molecule has 0 saturated carbocycles. The summed E-state index contributed by atoms with van der Waals surface area (Å²) in [6.07, 6.45) is 0.524. The average molecular weight is 456 g/mol. The number of carbonyl (C=O) groups is 2. The van der Waals surface area contributed by atoms with Gasteiger partial charge in [-0.3, -0.25) is 9.69 Å². The molecular weight excluding hydrogens is 422 g/mol. The van der Waals surface area contributed by atoms with Crippen LogP contribution in [-0.2, 0) is 22.7 Å². The van der Waals surface area contributed by atoms with Crippen LogP contribution in [0.3, 0.4) is 0 Å². The molecule has 0 bridgehead atoms. The maximum absolute atomic E-state index is 12.5. The molecule has 178 valence electrons. The molecule has 0 atom stereocenters. The van der Waals surface area contributed by atoms with Gasteiger partial charge in [0.1, 0.15) is 18.1 Å². The lowest BCUT2D eigenvalue weighted by atomic mass is 10.1. The summed E-state index contributed by atoms with van der Waals surface area (Å²) in [5.41, 5.74) is 2.01. The van der Waals surface area contributed by atoms with Gasteiger partial charge in [0.2, 0.25) is 5.91 Å². The number of methoxy groups -OCH3 is 2. The van der Waals surface area contributed by atoms with Gasteiger partial charge in [0.15, 0.2) is 0 Å². The van der Waals surface area contributed by atoms with Gasteiger partial charge in [0.25, 0.3) is 0 Å². The van der Waals surface area contributed by atoms with Gasteiger partial charge in [-0.1, -0.05) is 30.3 Å². The van der Waals surface area contributed by atoms with Crippen molar-refractivity contribution in [1.82, 2.24) is 15.1 Å². The molecule has 3 rings (SSSR count). The van der Waals surface area contributed by atoms with Gasteiger partial charge in [-0.05, 0) is 30.2 Å². The van der Waals surface area contributed by atoms with Crippen molar-refractivity contribution < 1.29 is 23.8 Å². The Bertz CT molecular complexity index is 898. The fraction of sp³-hybridized carbons (Fsp3) is 0.440. The molecule has 0 unspecified atom stereocenters. The number of carbonyl (C=O) groups excluding carboxylic acids is 2. The molecule has 0 aliphatic carbocycles. The molecule has 0 spiro atoms. The van der Waals surface area contributed by atoms with Crippen molar-refractivity contribution in [2.45, 2.75) is 26.0 Å². The third-order valence-corrected chi connectivity index (χ3v) is 5.66. The minimum Gasteiger partial charge on any atom is -0.497 e. The van der Waals surface area contributed by atoms with E-state index in [1.165, 1.54) is 0 Å². The predicted octanol–water partition coefficient (Wildman–Crippen LogP) is 3.05. The number of hydrogen-bond acceptors (Lipinski definition) is 6. The van der Waals surface area contributed by atoms with Crippen LogP contribution in [0.4, 0.5) is 4.79 Å². The van der Waals surface area contributed by atoms with Gasteiger partial charge in [-0.2, -0.15) is 0 Å². The summed E-state index contributed by atoms with van der Waals surface area (Å²) in [5, 5.41) is 2.70. The van der Waals surface area contributed by atoms with Gasteiger partial charge in [0.05, 0.1) is 14.2 Å². The number of amides is 2. The summed E-state index contributed by atoms with van der Waals surface area (Å²) in [6, 6.07) is 15.3. The largest absolute Gasteiger partial charge is 0.497 e. The van der Waals surface area contributed by atoms with E-state index in [-0.39, 0.29) is 12.5 Å². The van der Waals surface area contributed by atoms with Crippen molar-refractivity contribution in [2.75, 3.05) is 46.9 Å². The molecule has 2 aromatic rings. The highest BCUT2D eigenvalue weighted by Gasteiger charge is 2.21. The molecule has 1 saturated heterocycles. The minimum atomic E-state index is -0.465. The maximum Gasteiger partial charge on any atom is 0.407 e. The first-order valence-corrected chi connectivity index (χ1v) is 11.2. The van der Waals surface area contributed by atoms with Crippen LogP contribution in [0.5, 0.6) is 11.5 Å². The molecule has 33 heavy (non-hydrogen) atoms. The van der Waals surface area contributed by atoms with Crippen LogP contribution < -0.4 is 14.8 Å². The Hall–Kier alpha value is -3.26. The number of ether oxygens (including phenoxy) is 3.